The minimum atomic E-state index is -0.565. The van der Waals surface area contributed by atoms with Crippen molar-refractivity contribution in [1.82, 2.24) is 4.98 Å². The summed E-state index contributed by atoms with van der Waals surface area (Å²) >= 11 is 4.85. The molecule has 0 aliphatic rings. The highest BCUT2D eigenvalue weighted by atomic mass is 32.1. The van der Waals surface area contributed by atoms with Gasteiger partial charge in [0.15, 0.2) is 5.82 Å². The van der Waals surface area contributed by atoms with E-state index >= 15 is 0 Å². The maximum Gasteiger partial charge on any atom is 0.228 e. The van der Waals surface area contributed by atoms with Crippen LogP contribution in [0, 0.1) is 5.82 Å². The molecule has 1 aromatic carbocycles. The van der Waals surface area contributed by atoms with Crippen LogP contribution in [0.25, 0.3) is 0 Å². The summed E-state index contributed by atoms with van der Waals surface area (Å²) in [5.41, 5.74) is 7.13. The summed E-state index contributed by atoms with van der Waals surface area (Å²) in [4.78, 5) is 15.7. The molecule has 20 heavy (non-hydrogen) atoms. The number of carbonyl (C=O) groups is 1. The Labute approximate surface area is 120 Å². The van der Waals surface area contributed by atoms with Crippen LogP contribution in [0.1, 0.15) is 11.1 Å². The Bertz CT molecular complexity index is 643. The van der Waals surface area contributed by atoms with Crippen LogP contribution in [-0.4, -0.2) is 15.9 Å². The lowest BCUT2D eigenvalue weighted by atomic mass is 10.1. The lowest BCUT2D eigenvalue weighted by Gasteiger charge is -2.06. The third kappa shape index (κ3) is 3.58. The van der Waals surface area contributed by atoms with Crippen molar-refractivity contribution in [3.8, 4) is 0 Å². The minimum absolute atomic E-state index is 0.116. The zero-order valence-electron chi connectivity index (χ0n) is 10.5. The second kappa shape index (κ2) is 6.21. The molecular weight excluding hydrogens is 277 g/mol. The number of halogens is 1. The molecule has 1 heterocycles. The van der Waals surface area contributed by atoms with Crippen LogP contribution >= 0.6 is 12.2 Å². The highest BCUT2D eigenvalue weighted by Crippen LogP contribution is 2.12. The number of hydrogen-bond donors (Lipinski definition) is 2. The first-order chi connectivity index (χ1) is 9.56. The van der Waals surface area contributed by atoms with Crippen LogP contribution in [-0.2, 0) is 11.2 Å². The number of hydrogen-bond acceptors (Lipinski definition) is 3. The largest absolute Gasteiger partial charge is 0.389 e. The molecule has 0 radical (unpaired) electrons. The number of amides is 1. The molecule has 0 saturated carbocycles. The fraction of sp³-hybridized carbons (Fsp3) is 0.0714. The number of thiocarbonyl (C=S) groups is 1. The number of anilines is 1. The Morgan fingerprint density at radius 1 is 1.30 bits per heavy atom. The Hall–Kier alpha value is -2.34. The summed E-state index contributed by atoms with van der Waals surface area (Å²) in [6.45, 7) is 0. The van der Waals surface area contributed by atoms with Gasteiger partial charge in [0.25, 0.3) is 0 Å². The molecule has 2 aromatic rings. The van der Waals surface area contributed by atoms with E-state index < -0.39 is 5.82 Å². The van der Waals surface area contributed by atoms with Gasteiger partial charge in [-0.1, -0.05) is 36.5 Å². The zero-order valence-corrected chi connectivity index (χ0v) is 11.3. The molecule has 1 amide bonds. The number of rotatable bonds is 4. The number of pyridine rings is 1. The number of carbonyl (C=O) groups excluding carboxylic acids is 1. The molecule has 0 aliphatic carbocycles. The van der Waals surface area contributed by atoms with Gasteiger partial charge in [-0.25, -0.2) is 4.39 Å². The molecule has 0 atom stereocenters. The van der Waals surface area contributed by atoms with E-state index in [0.29, 0.717) is 4.99 Å². The quantitative estimate of drug-likeness (QED) is 0.845. The van der Waals surface area contributed by atoms with E-state index in [1.807, 2.05) is 0 Å². The molecular formula is C14H12FN3OS. The molecule has 0 fully saturated rings. The smallest absolute Gasteiger partial charge is 0.228 e. The first kappa shape index (κ1) is 14.1. The van der Waals surface area contributed by atoms with E-state index in [0.717, 1.165) is 17.3 Å². The standard InChI is InChI=1S/C14H12FN3OS/c15-11-8-17-6-5-12(11)18-13(19)7-9-1-3-10(4-2-9)14(16)20/h1-6,8H,7H2,(H2,16,20)(H,17,18,19). The predicted octanol–water partition coefficient (Wildman–Crippen LogP) is 2.04. The topological polar surface area (TPSA) is 68.0 Å². The van der Waals surface area contributed by atoms with Gasteiger partial charge in [-0.2, -0.15) is 0 Å². The molecule has 0 aliphatic heterocycles. The lowest BCUT2D eigenvalue weighted by molar-refractivity contribution is -0.115. The van der Waals surface area contributed by atoms with E-state index in [2.05, 4.69) is 10.3 Å². The van der Waals surface area contributed by atoms with Gasteiger partial charge in [0.2, 0.25) is 5.91 Å². The van der Waals surface area contributed by atoms with Crippen LogP contribution in [0.2, 0.25) is 0 Å². The molecule has 1 aromatic heterocycles. The molecule has 3 N–H and O–H groups in total. The summed E-state index contributed by atoms with van der Waals surface area (Å²) in [5, 5.41) is 2.49. The van der Waals surface area contributed by atoms with Crippen molar-refractivity contribution in [3.63, 3.8) is 0 Å². The first-order valence-electron chi connectivity index (χ1n) is 5.84. The summed E-state index contributed by atoms with van der Waals surface area (Å²) < 4.78 is 13.3. The Morgan fingerprint density at radius 3 is 2.60 bits per heavy atom. The van der Waals surface area contributed by atoms with Gasteiger partial charge in [-0.15, -0.1) is 0 Å². The number of nitrogens with two attached hydrogens (primary N) is 1. The molecule has 6 heteroatoms. The maximum absolute atomic E-state index is 13.3. The molecule has 0 unspecified atom stereocenters. The summed E-state index contributed by atoms with van der Waals surface area (Å²) in [5.74, 6) is -0.872. The van der Waals surface area contributed by atoms with Crippen molar-refractivity contribution in [2.75, 3.05) is 5.32 Å². The summed E-state index contributed by atoms with van der Waals surface area (Å²) in [6.07, 6.45) is 2.60. The number of nitrogens with one attached hydrogen (secondary N) is 1. The normalized spacial score (nSPS) is 10.1. The van der Waals surface area contributed by atoms with Crippen LogP contribution in [0.3, 0.4) is 0 Å². The SMILES string of the molecule is NC(=S)c1ccc(CC(=O)Nc2ccncc2F)cc1. The Morgan fingerprint density at radius 2 is 2.00 bits per heavy atom. The molecule has 0 saturated heterocycles. The van der Waals surface area contributed by atoms with Crippen LogP contribution in [0.4, 0.5) is 10.1 Å². The van der Waals surface area contributed by atoms with Gasteiger partial charge in [0, 0.05) is 11.8 Å². The van der Waals surface area contributed by atoms with Crippen LogP contribution in [0.15, 0.2) is 42.7 Å². The van der Waals surface area contributed by atoms with E-state index in [9.17, 15) is 9.18 Å². The third-order valence-corrected chi connectivity index (χ3v) is 2.89. The highest BCUT2D eigenvalue weighted by molar-refractivity contribution is 7.80. The second-order valence-corrected chi connectivity index (χ2v) is 4.58. The average Bonchev–Trinajstić information content (AvgIpc) is 2.42. The zero-order chi connectivity index (χ0) is 14.5. The Balaban J connectivity index is 2.01. The molecule has 0 bridgehead atoms. The van der Waals surface area contributed by atoms with Crippen molar-refractivity contribution in [2.45, 2.75) is 6.42 Å². The van der Waals surface area contributed by atoms with E-state index in [1.165, 1.54) is 12.3 Å². The van der Waals surface area contributed by atoms with Crippen molar-refractivity contribution in [2.24, 2.45) is 5.73 Å². The van der Waals surface area contributed by atoms with Gasteiger partial charge in [-0.05, 0) is 11.6 Å². The molecule has 0 spiro atoms. The number of nitrogens with zero attached hydrogens (tertiary/aromatic N) is 1. The van der Waals surface area contributed by atoms with Crippen molar-refractivity contribution in [1.29, 1.82) is 0 Å². The molecule has 102 valence electrons. The summed E-state index contributed by atoms with van der Waals surface area (Å²) in [6, 6.07) is 8.42. The molecule has 4 nitrogen and oxygen atoms in total. The number of benzene rings is 1. The van der Waals surface area contributed by atoms with Gasteiger partial charge in [0.1, 0.15) is 4.99 Å². The van der Waals surface area contributed by atoms with Crippen molar-refractivity contribution >= 4 is 28.8 Å². The lowest BCUT2D eigenvalue weighted by Crippen LogP contribution is -2.15. The minimum Gasteiger partial charge on any atom is -0.389 e. The van der Waals surface area contributed by atoms with Crippen LogP contribution in [0.5, 0.6) is 0 Å². The third-order valence-electron chi connectivity index (χ3n) is 2.65. The van der Waals surface area contributed by atoms with Gasteiger partial charge < -0.3 is 11.1 Å². The van der Waals surface area contributed by atoms with Crippen LogP contribution < -0.4 is 11.1 Å². The van der Waals surface area contributed by atoms with Crippen molar-refractivity contribution in [3.05, 3.63) is 59.7 Å². The monoisotopic (exact) mass is 289 g/mol. The number of aromatic nitrogens is 1. The summed E-state index contributed by atoms with van der Waals surface area (Å²) in [7, 11) is 0. The second-order valence-electron chi connectivity index (χ2n) is 4.14. The van der Waals surface area contributed by atoms with E-state index in [1.54, 1.807) is 24.3 Å². The van der Waals surface area contributed by atoms with Gasteiger partial charge in [0.05, 0.1) is 18.3 Å². The van der Waals surface area contributed by atoms with Gasteiger partial charge in [-0.3, -0.25) is 9.78 Å². The van der Waals surface area contributed by atoms with Crippen molar-refractivity contribution < 1.29 is 9.18 Å². The molecule has 2 rings (SSSR count). The fourth-order valence-electron chi connectivity index (χ4n) is 1.64. The van der Waals surface area contributed by atoms with E-state index in [4.69, 9.17) is 18.0 Å². The first-order valence-corrected chi connectivity index (χ1v) is 6.25. The predicted molar refractivity (Wildman–Crippen MR) is 78.9 cm³/mol. The van der Waals surface area contributed by atoms with E-state index in [-0.39, 0.29) is 18.0 Å². The maximum atomic E-state index is 13.3. The Kier molecular flexibility index (Phi) is 4.37. The average molecular weight is 289 g/mol. The highest BCUT2D eigenvalue weighted by Gasteiger charge is 2.08. The van der Waals surface area contributed by atoms with Gasteiger partial charge >= 0.3 is 0 Å². The fourth-order valence-corrected chi connectivity index (χ4v) is 1.78.